The molecule has 0 bridgehead atoms. The second-order valence-electron chi connectivity index (χ2n) is 6.30. The average Bonchev–Trinajstić information content (AvgIpc) is 3.08. The maximum absolute atomic E-state index is 13.8. The highest BCUT2D eigenvalue weighted by Gasteiger charge is 2.28. The second kappa shape index (κ2) is 9.82. The molecule has 1 aromatic carbocycles. The van der Waals surface area contributed by atoms with E-state index in [-0.39, 0.29) is 48.5 Å². The zero-order valence-corrected chi connectivity index (χ0v) is 18.1. The fraction of sp³-hybridized carbons (Fsp3) is 0.389. The number of aryl methyl sites for hydroxylation is 1. The van der Waals surface area contributed by atoms with Gasteiger partial charge in [0.25, 0.3) is 0 Å². The van der Waals surface area contributed by atoms with Crippen LogP contribution in [0.1, 0.15) is 11.7 Å². The van der Waals surface area contributed by atoms with Crippen molar-refractivity contribution in [2.24, 2.45) is 12.0 Å². The average molecular weight is 502 g/mol. The molecule has 1 aromatic heterocycles. The number of anilines is 1. The van der Waals surface area contributed by atoms with Gasteiger partial charge in [-0.05, 0) is 6.07 Å². The summed E-state index contributed by atoms with van der Waals surface area (Å²) in [6.07, 6.45) is 2.44. The Labute approximate surface area is 180 Å². The van der Waals surface area contributed by atoms with E-state index in [0.717, 1.165) is 5.69 Å². The van der Waals surface area contributed by atoms with Crippen molar-refractivity contribution >= 4 is 41.5 Å². The molecule has 0 radical (unpaired) electrons. The molecule has 1 aliphatic rings. The number of hydrogen-bond donors (Lipinski definition) is 2. The Balaban J connectivity index is 0.00000280. The summed E-state index contributed by atoms with van der Waals surface area (Å²) in [5.41, 5.74) is 0.984. The molecule has 3 rings (SSSR count). The molecule has 1 saturated heterocycles. The number of amides is 1. The van der Waals surface area contributed by atoms with E-state index in [1.807, 2.05) is 4.90 Å². The summed E-state index contributed by atoms with van der Waals surface area (Å²) < 4.78 is 15.4. The number of aliphatic hydroxyl groups excluding tert-OH is 1. The molecule has 2 N–H and O–H groups in total. The minimum atomic E-state index is -1.02. The number of piperazine rings is 1. The van der Waals surface area contributed by atoms with Gasteiger partial charge in [-0.15, -0.1) is 24.0 Å². The van der Waals surface area contributed by atoms with Crippen LogP contribution < -0.4 is 10.2 Å². The van der Waals surface area contributed by atoms with Gasteiger partial charge in [0, 0.05) is 45.5 Å². The van der Waals surface area contributed by atoms with Crippen LogP contribution in [0.3, 0.4) is 0 Å². The molecule has 1 unspecified atom stereocenters. The Morgan fingerprint density at radius 2 is 2.14 bits per heavy atom. The Morgan fingerprint density at radius 3 is 2.75 bits per heavy atom. The van der Waals surface area contributed by atoms with Crippen LogP contribution in [0, 0.1) is 5.82 Å². The molecule has 2 aromatic rings. The molecular formula is C18H24FIN6O2. The van der Waals surface area contributed by atoms with Gasteiger partial charge in [0.1, 0.15) is 12.4 Å². The van der Waals surface area contributed by atoms with Crippen molar-refractivity contribution in [2.75, 3.05) is 38.1 Å². The van der Waals surface area contributed by atoms with E-state index in [0.29, 0.717) is 19.0 Å². The Hall–Kier alpha value is -2.21. The normalized spacial score (nSPS) is 16.0. The van der Waals surface area contributed by atoms with Gasteiger partial charge in [-0.25, -0.2) is 4.39 Å². The van der Waals surface area contributed by atoms with E-state index in [2.05, 4.69) is 15.4 Å². The molecule has 152 valence electrons. The lowest BCUT2D eigenvalue weighted by molar-refractivity contribution is -0.120. The van der Waals surface area contributed by atoms with Crippen molar-refractivity contribution in [3.05, 3.63) is 48.0 Å². The number of aliphatic hydroxyl groups is 1. The first-order valence-electron chi connectivity index (χ1n) is 8.66. The molecule has 1 fully saturated rings. The van der Waals surface area contributed by atoms with Crippen LogP contribution in [-0.4, -0.2) is 64.9 Å². The van der Waals surface area contributed by atoms with Crippen LogP contribution in [0.5, 0.6) is 0 Å². The van der Waals surface area contributed by atoms with Crippen molar-refractivity contribution < 1.29 is 14.3 Å². The summed E-state index contributed by atoms with van der Waals surface area (Å²) in [6, 6.07) is 6.10. The third-order valence-corrected chi connectivity index (χ3v) is 4.45. The molecule has 0 saturated carbocycles. The van der Waals surface area contributed by atoms with Crippen LogP contribution in [0.25, 0.3) is 0 Å². The number of hydrogen-bond acceptors (Lipinski definition) is 4. The zero-order valence-electron chi connectivity index (χ0n) is 15.7. The number of halogens is 2. The van der Waals surface area contributed by atoms with E-state index >= 15 is 0 Å². The Kier molecular flexibility index (Phi) is 7.75. The van der Waals surface area contributed by atoms with Crippen LogP contribution in [0.2, 0.25) is 0 Å². The van der Waals surface area contributed by atoms with Gasteiger partial charge in [0.2, 0.25) is 5.91 Å². The number of nitrogens with one attached hydrogen (secondary N) is 1. The van der Waals surface area contributed by atoms with Gasteiger partial charge in [0.15, 0.2) is 5.96 Å². The van der Waals surface area contributed by atoms with Crippen LogP contribution in [0.15, 0.2) is 41.7 Å². The first-order valence-corrected chi connectivity index (χ1v) is 8.66. The van der Waals surface area contributed by atoms with Gasteiger partial charge in [0.05, 0.1) is 18.0 Å². The van der Waals surface area contributed by atoms with Gasteiger partial charge < -0.3 is 20.2 Å². The zero-order chi connectivity index (χ0) is 19.4. The maximum Gasteiger partial charge on any atom is 0.246 e. The molecular weight excluding hydrogens is 478 g/mol. The van der Waals surface area contributed by atoms with Gasteiger partial charge >= 0.3 is 0 Å². The topological polar surface area (TPSA) is 86.0 Å². The van der Waals surface area contributed by atoms with Gasteiger partial charge in [-0.1, -0.05) is 18.2 Å². The van der Waals surface area contributed by atoms with Crippen molar-refractivity contribution in [1.29, 1.82) is 0 Å². The Bertz CT molecular complexity index is 843. The molecule has 0 aliphatic carbocycles. The molecule has 10 heteroatoms. The van der Waals surface area contributed by atoms with E-state index < -0.39 is 11.9 Å². The quantitative estimate of drug-likeness (QED) is 0.372. The summed E-state index contributed by atoms with van der Waals surface area (Å²) in [6.45, 7) is 1.33. The summed E-state index contributed by atoms with van der Waals surface area (Å²) in [4.78, 5) is 20.2. The predicted molar refractivity (Wildman–Crippen MR) is 115 cm³/mol. The highest BCUT2D eigenvalue weighted by atomic mass is 127. The molecule has 0 spiro atoms. The summed E-state index contributed by atoms with van der Waals surface area (Å²) in [7, 11) is 3.41. The van der Waals surface area contributed by atoms with E-state index in [1.54, 1.807) is 54.3 Å². The highest BCUT2D eigenvalue weighted by Crippen LogP contribution is 2.17. The van der Waals surface area contributed by atoms with Crippen LogP contribution >= 0.6 is 24.0 Å². The number of aromatic nitrogens is 2. The number of nitrogens with zero attached hydrogens (tertiary/aromatic N) is 5. The molecule has 1 atom stereocenters. The SMILES string of the molecule is CN=C(NCC(O)c1ccccc1F)N1CCN(c2cnn(C)c2)C(=O)C1.I. The van der Waals surface area contributed by atoms with Crippen LogP contribution in [0.4, 0.5) is 10.1 Å². The number of guanidine groups is 1. The minimum Gasteiger partial charge on any atom is -0.386 e. The smallest absolute Gasteiger partial charge is 0.246 e. The van der Waals surface area contributed by atoms with Crippen molar-refractivity contribution in [1.82, 2.24) is 20.0 Å². The molecule has 1 aliphatic heterocycles. The number of carbonyl (C=O) groups excluding carboxylic acids is 1. The molecule has 8 nitrogen and oxygen atoms in total. The van der Waals surface area contributed by atoms with Gasteiger partial charge in [-0.3, -0.25) is 14.5 Å². The third kappa shape index (κ3) is 4.98. The highest BCUT2D eigenvalue weighted by molar-refractivity contribution is 14.0. The van der Waals surface area contributed by atoms with E-state index in [9.17, 15) is 14.3 Å². The number of carbonyl (C=O) groups is 1. The maximum atomic E-state index is 13.8. The molecule has 28 heavy (non-hydrogen) atoms. The summed E-state index contributed by atoms with van der Waals surface area (Å²) >= 11 is 0. The van der Waals surface area contributed by atoms with Crippen molar-refractivity contribution in [2.45, 2.75) is 6.10 Å². The van der Waals surface area contributed by atoms with Gasteiger partial charge in [-0.2, -0.15) is 5.10 Å². The first kappa shape index (κ1) is 22.1. The summed E-state index contributed by atoms with van der Waals surface area (Å²) in [5, 5.41) is 17.3. The third-order valence-electron chi connectivity index (χ3n) is 4.45. The van der Waals surface area contributed by atoms with E-state index in [1.165, 1.54) is 6.07 Å². The monoisotopic (exact) mass is 502 g/mol. The lowest BCUT2D eigenvalue weighted by Gasteiger charge is -2.35. The first-order chi connectivity index (χ1) is 13.0. The van der Waals surface area contributed by atoms with Crippen molar-refractivity contribution in [3.63, 3.8) is 0 Å². The Morgan fingerprint density at radius 1 is 1.39 bits per heavy atom. The number of aliphatic imine (C=N–C) groups is 1. The summed E-state index contributed by atoms with van der Waals surface area (Å²) in [5.74, 6) is -0.0292. The van der Waals surface area contributed by atoms with Crippen LogP contribution in [-0.2, 0) is 11.8 Å². The predicted octanol–water partition coefficient (Wildman–Crippen LogP) is 1.13. The van der Waals surface area contributed by atoms with Crippen molar-refractivity contribution in [3.8, 4) is 0 Å². The lowest BCUT2D eigenvalue weighted by atomic mass is 10.1. The second-order valence-corrected chi connectivity index (χ2v) is 6.30. The fourth-order valence-electron chi connectivity index (χ4n) is 3.05. The largest absolute Gasteiger partial charge is 0.386 e. The van der Waals surface area contributed by atoms with E-state index in [4.69, 9.17) is 0 Å². The fourth-order valence-corrected chi connectivity index (χ4v) is 3.05. The number of rotatable bonds is 4. The minimum absolute atomic E-state index is 0. The number of benzene rings is 1. The molecule has 2 heterocycles. The lowest BCUT2D eigenvalue weighted by Crippen LogP contribution is -2.55. The standard InChI is InChI=1S/C18H23FN6O2.HI/c1-20-18(21-10-16(26)14-5-3-4-6-15(14)19)24-7-8-25(17(27)12-24)13-9-22-23(2)11-13;/h3-6,9,11,16,26H,7-8,10,12H2,1-2H3,(H,20,21);1H. The molecule has 1 amide bonds.